The molecule has 0 aromatic heterocycles. The van der Waals surface area contributed by atoms with E-state index in [2.05, 4.69) is 17.5 Å². The average Bonchev–Trinajstić information content (AvgIpc) is 2.91. The molecule has 1 amide bonds. The van der Waals surface area contributed by atoms with E-state index in [9.17, 15) is 4.79 Å². The number of rotatable bonds is 5. The van der Waals surface area contributed by atoms with E-state index in [4.69, 9.17) is 5.41 Å². The van der Waals surface area contributed by atoms with E-state index in [0.717, 1.165) is 21.7 Å². The van der Waals surface area contributed by atoms with E-state index in [1.165, 1.54) is 16.7 Å². The maximum Gasteiger partial charge on any atom is 0.267 e. The van der Waals surface area contributed by atoms with Gasteiger partial charge in [0.2, 0.25) is 0 Å². The van der Waals surface area contributed by atoms with Gasteiger partial charge in [-0.05, 0) is 42.0 Å². The van der Waals surface area contributed by atoms with Gasteiger partial charge in [0, 0.05) is 18.5 Å². The average molecular weight is 384 g/mol. The first kappa shape index (κ1) is 18.6. The number of amidine groups is 1. The Morgan fingerprint density at radius 3 is 2.50 bits per heavy atom. The molecule has 0 saturated carbocycles. The molecule has 134 valence electrons. The fourth-order valence-electron chi connectivity index (χ4n) is 2.89. The summed E-state index contributed by atoms with van der Waals surface area (Å²) in [5, 5.41) is 8.48. The zero-order chi connectivity index (χ0) is 18.7. The van der Waals surface area contributed by atoms with Crippen molar-refractivity contribution < 1.29 is 4.79 Å². The van der Waals surface area contributed by atoms with Gasteiger partial charge in [0.05, 0.1) is 17.1 Å². The number of nitrogens with one attached hydrogen (secondary N) is 1. The number of benzene rings is 2. The summed E-state index contributed by atoms with van der Waals surface area (Å²) in [5.41, 5.74) is 2.99. The third-order valence-electron chi connectivity index (χ3n) is 4.22. The Hall–Kier alpha value is -2.18. The van der Waals surface area contributed by atoms with Crippen molar-refractivity contribution in [1.29, 1.82) is 5.41 Å². The van der Waals surface area contributed by atoms with Crippen molar-refractivity contribution in [2.75, 3.05) is 18.5 Å². The van der Waals surface area contributed by atoms with Crippen molar-refractivity contribution in [2.45, 2.75) is 18.4 Å². The molecule has 1 aliphatic heterocycles. The molecule has 1 saturated heterocycles. The second-order valence-corrected chi connectivity index (χ2v) is 7.72. The number of hydrogen-bond donors (Lipinski definition) is 2. The molecule has 6 heteroatoms. The zero-order valence-electron chi connectivity index (χ0n) is 14.8. The summed E-state index contributed by atoms with van der Waals surface area (Å²) >= 11 is 5.74. The molecule has 3 rings (SSSR count). The minimum atomic E-state index is -0.0890. The first-order chi connectivity index (χ1) is 12.5. The Bertz CT molecular complexity index is 864. The fourth-order valence-corrected chi connectivity index (χ4v) is 4.11. The van der Waals surface area contributed by atoms with Crippen LogP contribution in [0.5, 0.6) is 0 Å². The van der Waals surface area contributed by atoms with Crippen molar-refractivity contribution in [3.05, 3.63) is 70.6 Å². The fraction of sp³-hybridized carbons (Fsp3) is 0.200. The van der Waals surface area contributed by atoms with Crippen LogP contribution in [0.2, 0.25) is 0 Å². The summed E-state index contributed by atoms with van der Waals surface area (Å²) in [7, 11) is 1.98. The molecular weight excluding hydrogens is 362 g/mol. The Morgan fingerprint density at radius 1 is 1.15 bits per heavy atom. The minimum Gasteiger partial charge on any atom is -0.370 e. The highest BCUT2D eigenvalue weighted by Gasteiger charge is 2.33. The predicted molar refractivity (Wildman–Crippen MR) is 112 cm³/mol. The lowest BCUT2D eigenvalue weighted by Crippen LogP contribution is -2.28. The SMILES string of the molecule is C/C(CN(C)c1ccccc1S)=C1\SC(=N)N(Cc2ccccc2)C1=O. The van der Waals surface area contributed by atoms with Gasteiger partial charge in [0.15, 0.2) is 5.17 Å². The molecule has 1 heterocycles. The molecule has 0 atom stereocenters. The summed E-state index contributed by atoms with van der Waals surface area (Å²) in [5.74, 6) is -0.0890. The van der Waals surface area contributed by atoms with E-state index in [-0.39, 0.29) is 11.1 Å². The number of nitrogens with zero attached hydrogens (tertiary/aromatic N) is 2. The van der Waals surface area contributed by atoms with Crippen LogP contribution in [0, 0.1) is 5.41 Å². The van der Waals surface area contributed by atoms with Gasteiger partial charge in [-0.15, -0.1) is 12.6 Å². The highest BCUT2D eigenvalue weighted by molar-refractivity contribution is 8.18. The number of thiol groups is 1. The lowest BCUT2D eigenvalue weighted by atomic mass is 10.2. The number of anilines is 1. The van der Waals surface area contributed by atoms with Gasteiger partial charge >= 0.3 is 0 Å². The van der Waals surface area contributed by atoms with Crippen LogP contribution in [0.1, 0.15) is 12.5 Å². The summed E-state index contributed by atoms with van der Waals surface area (Å²) in [6.07, 6.45) is 0. The molecule has 0 radical (unpaired) electrons. The van der Waals surface area contributed by atoms with Crippen molar-refractivity contribution in [3.63, 3.8) is 0 Å². The maximum absolute atomic E-state index is 12.8. The number of hydrogen-bond acceptors (Lipinski definition) is 5. The highest BCUT2D eigenvalue weighted by atomic mass is 32.2. The van der Waals surface area contributed by atoms with Crippen LogP contribution in [-0.4, -0.2) is 29.6 Å². The largest absolute Gasteiger partial charge is 0.370 e. The highest BCUT2D eigenvalue weighted by Crippen LogP contribution is 2.34. The van der Waals surface area contributed by atoms with Crippen LogP contribution in [0.3, 0.4) is 0 Å². The van der Waals surface area contributed by atoms with Crippen molar-refractivity contribution >= 4 is 41.2 Å². The standard InChI is InChI=1S/C20H21N3OS2/c1-14(12-22(2)16-10-6-7-11-17(16)25)18-19(24)23(20(21)26-18)13-15-8-4-3-5-9-15/h3-11,21,25H,12-13H2,1-2H3/b18-14+,21-20?. The summed E-state index contributed by atoms with van der Waals surface area (Å²) in [6, 6.07) is 17.6. The third kappa shape index (κ3) is 3.97. The molecule has 2 aromatic carbocycles. The molecule has 26 heavy (non-hydrogen) atoms. The van der Waals surface area contributed by atoms with Gasteiger partial charge in [-0.3, -0.25) is 15.1 Å². The lowest BCUT2D eigenvalue weighted by molar-refractivity contribution is -0.122. The minimum absolute atomic E-state index is 0.0890. The van der Waals surface area contributed by atoms with Gasteiger partial charge in [-0.2, -0.15) is 0 Å². The zero-order valence-corrected chi connectivity index (χ0v) is 16.5. The molecule has 4 nitrogen and oxygen atoms in total. The Labute approximate surface area is 163 Å². The van der Waals surface area contributed by atoms with Crippen LogP contribution in [0.15, 0.2) is 70.0 Å². The van der Waals surface area contributed by atoms with Gasteiger partial charge in [-0.25, -0.2) is 0 Å². The van der Waals surface area contributed by atoms with Gasteiger partial charge in [0.1, 0.15) is 0 Å². The second kappa shape index (κ2) is 8.01. The Kier molecular flexibility index (Phi) is 5.74. The molecule has 0 aliphatic carbocycles. The summed E-state index contributed by atoms with van der Waals surface area (Å²) < 4.78 is 0. The predicted octanol–water partition coefficient (Wildman–Crippen LogP) is 4.40. The Morgan fingerprint density at radius 2 is 1.81 bits per heavy atom. The molecule has 1 N–H and O–H groups in total. The topological polar surface area (TPSA) is 47.4 Å². The summed E-state index contributed by atoms with van der Waals surface area (Å²) in [6.45, 7) is 2.99. The Balaban J connectivity index is 1.76. The third-order valence-corrected chi connectivity index (χ3v) is 5.74. The van der Waals surface area contributed by atoms with Gasteiger partial charge < -0.3 is 4.90 Å². The number of carbonyl (C=O) groups is 1. The number of para-hydroxylation sites is 1. The smallest absolute Gasteiger partial charge is 0.267 e. The van der Waals surface area contributed by atoms with Crippen LogP contribution in [0.25, 0.3) is 0 Å². The number of likely N-dealkylation sites (N-methyl/N-ethyl adjacent to an activating group) is 1. The normalized spacial score (nSPS) is 16.2. The van der Waals surface area contributed by atoms with Gasteiger partial charge in [0.25, 0.3) is 5.91 Å². The molecule has 0 unspecified atom stereocenters. The second-order valence-electron chi connectivity index (χ2n) is 6.24. The van der Waals surface area contributed by atoms with Crippen LogP contribution >= 0.6 is 24.4 Å². The van der Waals surface area contributed by atoms with Gasteiger partial charge in [-0.1, -0.05) is 42.5 Å². The van der Waals surface area contributed by atoms with Crippen LogP contribution in [0.4, 0.5) is 5.69 Å². The first-order valence-electron chi connectivity index (χ1n) is 8.28. The first-order valence-corrected chi connectivity index (χ1v) is 9.55. The van der Waals surface area contributed by atoms with Crippen molar-refractivity contribution in [2.24, 2.45) is 0 Å². The van der Waals surface area contributed by atoms with Crippen molar-refractivity contribution in [1.82, 2.24) is 4.90 Å². The number of amides is 1. The molecule has 0 spiro atoms. The quantitative estimate of drug-likeness (QED) is 0.594. The molecule has 2 aromatic rings. The molecule has 1 fully saturated rings. The number of thioether (sulfide) groups is 1. The monoisotopic (exact) mass is 383 g/mol. The molecule has 1 aliphatic rings. The maximum atomic E-state index is 12.8. The van der Waals surface area contributed by atoms with E-state index in [1.54, 1.807) is 0 Å². The number of carbonyl (C=O) groups excluding carboxylic acids is 1. The lowest BCUT2D eigenvalue weighted by Gasteiger charge is -2.22. The van der Waals surface area contributed by atoms with Crippen molar-refractivity contribution in [3.8, 4) is 0 Å². The van der Waals surface area contributed by atoms with E-state index < -0.39 is 0 Å². The van der Waals surface area contributed by atoms with Crippen LogP contribution in [-0.2, 0) is 11.3 Å². The summed E-state index contributed by atoms with van der Waals surface area (Å²) in [4.78, 5) is 18.0. The van der Waals surface area contributed by atoms with E-state index in [1.807, 2.05) is 68.6 Å². The molecule has 0 bridgehead atoms. The molecular formula is C20H21N3OS2. The van der Waals surface area contributed by atoms with Crippen LogP contribution < -0.4 is 4.90 Å². The van der Waals surface area contributed by atoms with E-state index >= 15 is 0 Å². The van der Waals surface area contributed by atoms with E-state index in [0.29, 0.717) is 18.0 Å².